The Morgan fingerprint density at radius 1 is 1.31 bits per heavy atom. The van der Waals surface area contributed by atoms with Gasteiger partial charge in [-0.3, -0.25) is 4.79 Å². The summed E-state index contributed by atoms with van der Waals surface area (Å²) in [5, 5.41) is 0. The maximum atomic E-state index is 12.0. The van der Waals surface area contributed by atoms with Crippen molar-refractivity contribution in [2.24, 2.45) is 17.3 Å². The second kappa shape index (κ2) is 3.87. The van der Waals surface area contributed by atoms with E-state index in [0.29, 0.717) is 17.6 Å². The third-order valence-electron chi connectivity index (χ3n) is 4.71. The minimum atomic E-state index is -0.113. The van der Waals surface area contributed by atoms with Crippen LogP contribution in [0.2, 0.25) is 0 Å². The molecule has 0 bridgehead atoms. The average Bonchev–Trinajstić information content (AvgIpc) is 3.04. The molecule has 88 valence electrons. The van der Waals surface area contributed by atoms with Crippen molar-refractivity contribution in [1.29, 1.82) is 0 Å². The van der Waals surface area contributed by atoms with Crippen molar-refractivity contribution in [3.8, 4) is 0 Å². The minimum Gasteiger partial charge on any atom is -0.299 e. The molecule has 0 aromatic carbocycles. The predicted octanol–water partition coefficient (Wildman–Crippen LogP) is 3.90. The van der Waals surface area contributed by atoms with Crippen LogP contribution in [-0.4, -0.2) is 5.78 Å². The molecule has 0 N–H and O–H groups in total. The summed E-state index contributed by atoms with van der Waals surface area (Å²) in [7, 11) is 0. The van der Waals surface area contributed by atoms with Gasteiger partial charge in [-0.1, -0.05) is 30.2 Å². The molecule has 0 heterocycles. The Morgan fingerprint density at radius 2 is 1.94 bits per heavy atom. The van der Waals surface area contributed by atoms with E-state index in [0.717, 1.165) is 6.42 Å². The fourth-order valence-electron chi connectivity index (χ4n) is 2.92. The first-order chi connectivity index (χ1) is 7.46. The number of hydrogen-bond acceptors (Lipinski definition) is 1. The average molecular weight is 218 g/mol. The molecule has 1 heteroatoms. The van der Waals surface area contributed by atoms with Gasteiger partial charge >= 0.3 is 0 Å². The Kier molecular flexibility index (Phi) is 2.81. The molecule has 1 saturated carbocycles. The van der Waals surface area contributed by atoms with E-state index in [1.807, 2.05) is 0 Å². The monoisotopic (exact) mass is 218 g/mol. The molecule has 2 unspecified atom stereocenters. The fourth-order valence-corrected chi connectivity index (χ4v) is 2.92. The van der Waals surface area contributed by atoms with E-state index < -0.39 is 0 Å². The zero-order valence-electron chi connectivity index (χ0n) is 10.8. The summed E-state index contributed by atoms with van der Waals surface area (Å²) in [6.45, 7) is 8.26. The highest BCUT2D eigenvalue weighted by atomic mass is 16.1. The van der Waals surface area contributed by atoms with Crippen molar-refractivity contribution in [1.82, 2.24) is 0 Å². The van der Waals surface area contributed by atoms with Crippen LogP contribution in [0.3, 0.4) is 0 Å². The standard InChI is InChI=1S/C15H22O/c1-10-5-6-14(9-11(10)2)15(4,12(3)16)13-7-8-13/h5,9,13-14H,6-8H2,1-4H3. The van der Waals surface area contributed by atoms with E-state index in [-0.39, 0.29) is 5.41 Å². The second-order valence-corrected chi connectivity index (χ2v) is 5.69. The van der Waals surface area contributed by atoms with Crippen LogP contribution < -0.4 is 0 Å². The van der Waals surface area contributed by atoms with E-state index in [1.54, 1.807) is 6.92 Å². The smallest absolute Gasteiger partial charge is 0.136 e. The van der Waals surface area contributed by atoms with Gasteiger partial charge in [0.15, 0.2) is 0 Å². The van der Waals surface area contributed by atoms with Crippen molar-refractivity contribution < 1.29 is 4.79 Å². The van der Waals surface area contributed by atoms with Crippen LogP contribution in [0.25, 0.3) is 0 Å². The molecule has 2 atom stereocenters. The molecule has 2 rings (SSSR count). The highest BCUT2D eigenvalue weighted by molar-refractivity contribution is 5.83. The second-order valence-electron chi connectivity index (χ2n) is 5.69. The lowest BCUT2D eigenvalue weighted by atomic mass is 9.67. The number of rotatable bonds is 3. The molecule has 0 saturated heterocycles. The Morgan fingerprint density at radius 3 is 2.38 bits per heavy atom. The first-order valence-electron chi connectivity index (χ1n) is 6.33. The number of Topliss-reactive ketones (excluding diaryl/α,β-unsaturated/α-hetero) is 1. The first-order valence-corrected chi connectivity index (χ1v) is 6.33. The van der Waals surface area contributed by atoms with Gasteiger partial charge in [0.25, 0.3) is 0 Å². The number of carbonyl (C=O) groups excluding carboxylic acids is 1. The van der Waals surface area contributed by atoms with E-state index in [9.17, 15) is 4.79 Å². The third-order valence-corrected chi connectivity index (χ3v) is 4.71. The molecule has 0 aromatic rings. The molecule has 0 aromatic heterocycles. The van der Waals surface area contributed by atoms with Crippen LogP contribution in [-0.2, 0) is 4.79 Å². The van der Waals surface area contributed by atoms with Gasteiger partial charge in [0.05, 0.1) is 0 Å². The van der Waals surface area contributed by atoms with Gasteiger partial charge in [-0.2, -0.15) is 0 Å². The lowest BCUT2D eigenvalue weighted by Crippen LogP contribution is -2.36. The van der Waals surface area contributed by atoms with Crippen LogP contribution in [0.4, 0.5) is 0 Å². The van der Waals surface area contributed by atoms with Gasteiger partial charge in [0, 0.05) is 5.41 Å². The van der Waals surface area contributed by atoms with Crippen molar-refractivity contribution >= 4 is 5.78 Å². The van der Waals surface area contributed by atoms with Crippen LogP contribution in [0.5, 0.6) is 0 Å². The van der Waals surface area contributed by atoms with Gasteiger partial charge in [-0.25, -0.2) is 0 Å². The highest BCUT2D eigenvalue weighted by Crippen LogP contribution is 2.53. The summed E-state index contributed by atoms with van der Waals surface area (Å²) in [6.07, 6.45) is 8.14. The normalized spacial score (nSPS) is 29.1. The molecular weight excluding hydrogens is 196 g/mol. The number of allylic oxidation sites excluding steroid dienone is 4. The molecule has 2 aliphatic carbocycles. The molecule has 2 aliphatic rings. The summed E-state index contributed by atoms with van der Waals surface area (Å²) in [4.78, 5) is 12.0. The van der Waals surface area contributed by atoms with Crippen LogP contribution in [0, 0.1) is 17.3 Å². The first kappa shape index (κ1) is 11.6. The van der Waals surface area contributed by atoms with Gasteiger partial charge in [-0.05, 0) is 51.9 Å². The zero-order valence-corrected chi connectivity index (χ0v) is 10.8. The molecule has 0 radical (unpaired) electrons. The molecule has 1 nitrogen and oxygen atoms in total. The van der Waals surface area contributed by atoms with E-state index in [2.05, 4.69) is 32.9 Å². The van der Waals surface area contributed by atoms with Gasteiger partial charge in [0.2, 0.25) is 0 Å². The van der Waals surface area contributed by atoms with Crippen molar-refractivity contribution in [3.63, 3.8) is 0 Å². The summed E-state index contributed by atoms with van der Waals surface area (Å²) in [5.41, 5.74) is 2.61. The van der Waals surface area contributed by atoms with Crippen LogP contribution in [0.1, 0.15) is 47.0 Å². The summed E-state index contributed by atoms with van der Waals surface area (Å²) in [5.74, 6) is 1.42. The van der Waals surface area contributed by atoms with Crippen molar-refractivity contribution in [3.05, 3.63) is 23.3 Å². The third kappa shape index (κ3) is 1.77. The predicted molar refractivity (Wildman–Crippen MR) is 67.1 cm³/mol. The summed E-state index contributed by atoms with van der Waals surface area (Å²) < 4.78 is 0. The quantitative estimate of drug-likeness (QED) is 0.702. The molecule has 1 fully saturated rings. The number of carbonyl (C=O) groups is 1. The van der Waals surface area contributed by atoms with Crippen LogP contribution in [0.15, 0.2) is 23.3 Å². The Balaban J connectivity index is 2.27. The minimum absolute atomic E-state index is 0.113. The highest BCUT2D eigenvalue weighted by Gasteiger charge is 2.49. The molecule has 0 spiro atoms. The molecule has 0 aliphatic heterocycles. The SMILES string of the molecule is CC(=O)C(C)(C1C=C(C)C(C)=CC1)C1CC1. The van der Waals surface area contributed by atoms with Crippen LogP contribution >= 0.6 is 0 Å². The van der Waals surface area contributed by atoms with Crippen molar-refractivity contribution in [2.45, 2.75) is 47.0 Å². The van der Waals surface area contributed by atoms with E-state index in [1.165, 1.54) is 24.0 Å². The van der Waals surface area contributed by atoms with Gasteiger partial charge in [-0.15, -0.1) is 0 Å². The van der Waals surface area contributed by atoms with Gasteiger partial charge < -0.3 is 0 Å². The van der Waals surface area contributed by atoms with Gasteiger partial charge in [0.1, 0.15) is 5.78 Å². The Labute approximate surface area is 98.6 Å². The van der Waals surface area contributed by atoms with Crippen molar-refractivity contribution in [2.75, 3.05) is 0 Å². The molecular formula is C15H22O. The maximum absolute atomic E-state index is 12.0. The van der Waals surface area contributed by atoms with E-state index >= 15 is 0 Å². The summed E-state index contributed by atoms with van der Waals surface area (Å²) >= 11 is 0. The molecule has 0 amide bonds. The number of ketones is 1. The number of hydrogen-bond donors (Lipinski definition) is 0. The fraction of sp³-hybridized carbons (Fsp3) is 0.667. The lowest BCUT2D eigenvalue weighted by molar-refractivity contribution is -0.129. The largest absolute Gasteiger partial charge is 0.299 e. The maximum Gasteiger partial charge on any atom is 0.136 e. The summed E-state index contributed by atoms with van der Waals surface area (Å²) in [6, 6.07) is 0. The Hall–Kier alpha value is -0.850. The Bertz CT molecular complexity index is 371. The van der Waals surface area contributed by atoms with E-state index in [4.69, 9.17) is 0 Å². The lowest BCUT2D eigenvalue weighted by Gasteiger charge is -2.36. The molecule has 16 heavy (non-hydrogen) atoms. The topological polar surface area (TPSA) is 17.1 Å². The zero-order chi connectivity index (χ0) is 11.9.